The maximum Gasteiger partial charge on any atom is 0.332 e. The summed E-state index contributed by atoms with van der Waals surface area (Å²) in [5.74, 6) is -0.345. The summed E-state index contributed by atoms with van der Waals surface area (Å²) in [7, 11) is -1.80. The Bertz CT molecular complexity index is 189. The van der Waals surface area contributed by atoms with Gasteiger partial charge in [-0.25, -0.2) is 4.79 Å². The van der Waals surface area contributed by atoms with Gasteiger partial charge in [0.15, 0.2) is 7.38 Å². The molecular formula is C8H15ClO2Si. The minimum atomic E-state index is -1.80. The van der Waals surface area contributed by atoms with Gasteiger partial charge >= 0.3 is 5.97 Å². The molecule has 2 nitrogen and oxygen atoms in total. The average molecular weight is 207 g/mol. The normalized spacial score (nSPS) is 15.0. The van der Waals surface area contributed by atoms with Crippen LogP contribution in [0.25, 0.3) is 0 Å². The SMILES string of the molecule is C=C(C)C(=O)OC[Si](C)(Cl)CC. The summed E-state index contributed by atoms with van der Waals surface area (Å²) in [5.41, 5.74) is 0.424. The molecule has 0 saturated heterocycles. The molecule has 0 aliphatic rings. The highest BCUT2D eigenvalue weighted by Gasteiger charge is 2.24. The van der Waals surface area contributed by atoms with Crippen LogP contribution in [0.1, 0.15) is 13.8 Å². The van der Waals surface area contributed by atoms with Gasteiger partial charge in [-0.1, -0.05) is 20.0 Å². The third kappa shape index (κ3) is 4.57. The molecule has 0 aliphatic carbocycles. The molecule has 0 aliphatic heterocycles. The molecule has 1 unspecified atom stereocenters. The summed E-state index contributed by atoms with van der Waals surface area (Å²) < 4.78 is 4.95. The standard InChI is InChI=1S/C8H15ClO2Si/c1-5-12(4,9)6-11-8(10)7(2)3/h2,5-6H2,1,3-4H3. The minimum Gasteiger partial charge on any atom is -0.465 e. The number of carbonyl (C=O) groups excluding carboxylic acids is 1. The van der Waals surface area contributed by atoms with Gasteiger partial charge in [-0.3, -0.25) is 0 Å². The Balaban J connectivity index is 3.83. The van der Waals surface area contributed by atoms with Crippen molar-refractivity contribution < 1.29 is 9.53 Å². The molecule has 0 rings (SSSR count). The Hall–Kier alpha value is -0.283. The summed E-state index contributed by atoms with van der Waals surface area (Å²) in [6.45, 7) is 9.09. The number of rotatable bonds is 4. The number of hydrogen-bond donors (Lipinski definition) is 0. The van der Waals surface area contributed by atoms with Gasteiger partial charge in [0.2, 0.25) is 0 Å². The first kappa shape index (κ1) is 11.7. The van der Waals surface area contributed by atoms with Crippen molar-refractivity contribution in [2.45, 2.75) is 26.4 Å². The number of esters is 1. The maximum atomic E-state index is 10.9. The molecule has 0 aromatic rings. The number of carbonyl (C=O) groups is 1. The Morgan fingerprint density at radius 3 is 2.50 bits per heavy atom. The first-order valence-electron chi connectivity index (χ1n) is 3.90. The highest BCUT2D eigenvalue weighted by Crippen LogP contribution is 2.14. The van der Waals surface area contributed by atoms with Gasteiger partial charge in [0.05, 0.1) is 6.23 Å². The van der Waals surface area contributed by atoms with E-state index in [4.69, 9.17) is 15.8 Å². The first-order chi connectivity index (χ1) is 5.39. The summed E-state index contributed by atoms with van der Waals surface area (Å²) in [4.78, 5) is 10.9. The highest BCUT2D eigenvalue weighted by molar-refractivity contribution is 7.19. The predicted octanol–water partition coefficient (Wildman–Crippen LogP) is 2.48. The van der Waals surface area contributed by atoms with E-state index in [1.54, 1.807) is 6.92 Å². The van der Waals surface area contributed by atoms with Crippen molar-refractivity contribution in [1.29, 1.82) is 0 Å². The minimum absolute atomic E-state index is 0.345. The lowest BCUT2D eigenvalue weighted by Crippen LogP contribution is -2.30. The zero-order valence-corrected chi connectivity index (χ0v) is 9.57. The average Bonchev–Trinajstić information content (AvgIpc) is 2.00. The Morgan fingerprint density at radius 1 is 1.67 bits per heavy atom. The van der Waals surface area contributed by atoms with E-state index in [2.05, 4.69) is 6.58 Å². The zero-order valence-electron chi connectivity index (χ0n) is 7.82. The summed E-state index contributed by atoms with van der Waals surface area (Å²) in [6.07, 6.45) is 0.372. The molecule has 0 radical (unpaired) electrons. The van der Waals surface area contributed by atoms with E-state index >= 15 is 0 Å². The molecule has 0 saturated carbocycles. The lowest BCUT2D eigenvalue weighted by molar-refractivity contribution is -0.137. The van der Waals surface area contributed by atoms with E-state index in [1.807, 2.05) is 13.5 Å². The van der Waals surface area contributed by atoms with Crippen molar-refractivity contribution >= 4 is 24.4 Å². The van der Waals surface area contributed by atoms with Gasteiger partial charge in [0.25, 0.3) is 0 Å². The molecular weight excluding hydrogens is 192 g/mol. The van der Waals surface area contributed by atoms with Crippen LogP contribution in [0, 0.1) is 0 Å². The largest absolute Gasteiger partial charge is 0.465 e. The number of ether oxygens (including phenoxy) is 1. The monoisotopic (exact) mass is 206 g/mol. The van der Waals surface area contributed by atoms with E-state index in [-0.39, 0.29) is 5.97 Å². The second-order valence-electron chi connectivity index (χ2n) is 3.12. The van der Waals surface area contributed by atoms with Crippen LogP contribution in [0.4, 0.5) is 0 Å². The molecule has 0 N–H and O–H groups in total. The van der Waals surface area contributed by atoms with Crippen LogP contribution in [-0.4, -0.2) is 19.6 Å². The van der Waals surface area contributed by atoms with E-state index in [1.165, 1.54) is 0 Å². The Morgan fingerprint density at radius 2 is 2.17 bits per heavy atom. The van der Waals surface area contributed by atoms with Gasteiger partial charge < -0.3 is 4.74 Å². The van der Waals surface area contributed by atoms with Crippen molar-refractivity contribution in [3.63, 3.8) is 0 Å². The smallest absolute Gasteiger partial charge is 0.332 e. The van der Waals surface area contributed by atoms with E-state index in [0.29, 0.717) is 11.8 Å². The van der Waals surface area contributed by atoms with Crippen molar-refractivity contribution in [1.82, 2.24) is 0 Å². The molecule has 0 heterocycles. The Labute approximate surface area is 79.3 Å². The van der Waals surface area contributed by atoms with Crippen molar-refractivity contribution in [2.24, 2.45) is 0 Å². The molecule has 0 bridgehead atoms. The molecule has 1 atom stereocenters. The van der Waals surface area contributed by atoms with Gasteiger partial charge in [0.1, 0.15) is 0 Å². The maximum absolute atomic E-state index is 10.9. The molecule has 0 amide bonds. The van der Waals surface area contributed by atoms with Crippen LogP contribution in [0.3, 0.4) is 0 Å². The summed E-state index contributed by atoms with van der Waals surface area (Å²) in [6, 6.07) is 0.901. The Kier molecular flexibility index (Phi) is 4.56. The fourth-order valence-corrected chi connectivity index (χ4v) is 1.24. The van der Waals surface area contributed by atoms with Crippen LogP contribution in [-0.2, 0) is 9.53 Å². The van der Waals surface area contributed by atoms with E-state index in [9.17, 15) is 4.79 Å². The first-order valence-corrected chi connectivity index (χ1v) is 7.83. The van der Waals surface area contributed by atoms with Gasteiger partial charge in [-0.05, 0) is 13.0 Å². The van der Waals surface area contributed by atoms with Crippen molar-refractivity contribution in [3.05, 3.63) is 12.2 Å². The molecule has 12 heavy (non-hydrogen) atoms. The molecule has 0 spiro atoms. The molecule has 70 valence electrons. The summed E-state index contributed by atoms with van der Waals surface area (Å²) in [5, 5.41) is 0. The van der Waals surface area contributed by atoms with Crippen LogP contribution < -0.4 is 0 Å². The third-order valence-electron chi connectivity index (χ3n) is 1.59. The quantitative estimate of drug-likeness (QED) is 0.306. The number of halogens is 1. The fraction of sp³-hybridized carbons (Fsp3) is 0.625. The molecule has 0 fully saturated rings. The predicted molar refractivity (Wildman–Crippen MR) is 53.7 cm³/mol. The highest BCUT2D eigenvalue weighted by atomic mass is 35.6. The second-order valence-corrected chi connectivity index (χ2v) is 9.68. The molecule has 0 aromatic heterocycles. The lowest BCUT2D eigenvalue weighted by Gasteiger charge is -2.16. The van der Waals surface area contributed by atoms with Crippen LogP contribution in [0.15, 0.2) is 12.2 Å². The molecule has 0 aromatic carbocycles. The van der Waals surface area contributed by atoms with E-state index < -0.39 is 7.38 Å². The number of hydrogen-bond acceptors (Lipinski definition) is 2. The van der Waals surface area contributed by atoms with Crippen LogP contribution in [0.2, 0.25) is 12.6 Å². The summed E-state index contributed by atoms with van der Waals surface area (Å²) >= 11 is 6.10. The van der Waals surface area contributed by atoms with Crippen LogP contribution >= 0.6 is 11.1 Å². The van der Waals surface area contributed by atoms with Crippen LogP contribution in [0.5, 0.6) is 0 Å². The molecule has 4 heteroatoms. The van der Waals surface area contributed by atoms with Crippen molar-refractivity contribution in [2.75, 3.05) is 6.23 Å². The lowest BCUT2D eigenvalue weighted by atomic mass is 10.4. The topological polar surface area (TPSA) is 26.3 Å². The van der Waals surface area contributed by atoms with Crippen molar-refractivity contribution in [3.8, 4) is 0 Å². The fourth-order valence-electron chi connectivity index (χ4n) is 0.441. The zero-order chi connectivity index (χ0) is 9.78. The third-order valence-corrected chi connectivity index (χ3v) is 4.94. The second kappa shape index (κ2) is 4.67. The van der Waals surface area contributed by atoms with Gasteiger partial charge in [-0.15, -0.1) is 0 Å². The van der Waals surface area contributed by atoms with E-state index in [0.717, 1.165) is 6.04 Å². The van der Waals surface area contributed by atoms with Gasteiger partial charge in [0, 0.05) is 5.57 Å². The van der Waals surface area contributed by atoms with Gasteiger partial charge in [-0.2, -0.15) is 11.1 Å².